The van der Waals surface area contributed by atoms with E-state index in [1.807, 2.05) is 37.3 Å². The van der Waals surface area contributed by atoms with Crippen molar-refractivity contribution in [3.63, 3.8) is 0 Å². The van der Waals surface area contributed by atoms with Gasteiger partial charge in [0.05, 0.1) is 17.4 Å². The molecule has 0 bridgehead atoms. The first-order valence-electron chi connectivity index (χ1n) is 5.94. The third-order valence-electron chi connectivity index (χ3n) is 2.83. The summed E-state index contributed by atoms with van der Waals surface area (Å²) in [6.07, 6.45) is 1.49. The molecule has 5 heteroatoms. The van der Waals surface area contributed by atoms with E-state index < -0.39 is 5.91 Å². The van der Waals surface area contributed by atoms with Crippen LogP contribution in [0.4, 0.5) is 11.5 Å². The molecule has 2 aromatic rings. The lowest BCUT2D eigenvalue weighted by molar-refractivity contribution is 0.100. The number of rotatable bonds is 4. The smallest absolute Gasteiger partial charge is 0.252 e. The first-order valence-corrected chi connectivity index (χ1v) is 5.94. The number of nitrogens with one attached hydrogen (secondary N) is 1. The zero-order chi connectivity index (χ0) is 13.8. The quantitative estimate of drug-likeness (QED) is 0.779. The molecular weight excluding hydrogens is 240 g/mol. The van der Waals surface area contributed by atoms with Gasteiger partial charge in [-0.05, 0) is 18.6 Å². The molecule has 0 spiro atoms. The Labute approximate surface area is 111 Å². The topological polar surface area (TPSA) is 94.0 Å². The predicted molar refractivity (Wildman–Crippen MR) is 75.6 cm³/mol. The second-order valence-corrected chi connectivity index (χ2v) is 4.31. The summed E-state index contributed by atoms with van der Waals surface area (Å²) in [4.78, 5) is 15.5. The zero-order valence-corrected chi connectivity index (χ0v) is 10.6. The molecule has 5 N–H and O–H groups in total. The third kappa shape index (κ3) is 3.01. The average molecular weight is 256 g/mol. The van der Waals surface area contributed by atoms with Crippen molar-refractivity contribution in [3.05, 3.63) is 53.7 Å². The van der Waals surface area contributed by atoms with Crippen molar-refractivity contribution < 1.29 is 4.79 Å². The Morgan fingerprint density at radius 3 is 2.63 bits per heavy atom. The largest absolute Gasteiger partial charge is 0.397 e. The number of amides is 1. The average Bonchev–Trinajstić information content (AvgIpc) is 2.41. The molecule has 98 valence electrons. The molecule has 5 nitrogen and oxygen atoms in total. The van der Waals surface area contributed by atoms with E-state index >= 15 is 0 Å². The van der Waals surface area contributed by atoms with Gasteiger partial charge < -0.3 is 16.8 Å². The Hall–Kier alpha value is -2.56. The maximum atomic E-state index is 11.4. The summed E-state index contributed by atoms with van der Waals surface area (Å²) in [6.45, 7) is 1.98. The van der Waals surface area contributed by atoms with Crippen LogP contribution in [-0.2, 0) is 0 Å². The van der Waals surface area contributed by atoms with Crippen LogP contribution in [-0.4, -0.2) is 10.9 Å². The van der Waals surface area contributed by atoms with E-state index in [-0.39, 0.29) is 6.04 Å². The van der Waals surface area contributed by atoms with E-state index in [1.165, 1.54) is 12.3 Å². The van der Waals surface area contributed by atoms with Gasteiger partial charge in [-0.25, -0.2) is 4.98 Å². The van der Waals surface area contributed by atoms with Gasteiger partial charge in [0.2, 0.25) is 0 Å². The van der Waals surface area contributed by atoms with Crippen LogP contribution in [0.2, 0.25) is 0 Å². The van der Waals surface area contributed by atoms with Crippen LogP contribution in [0.5, 0.6) is 0 Å². The fourth-order valence-electron chi connectivity index (χ4n) is 1.81. The second kappa shape index (κ2) is 5.39. The van der Waals surface area contributed by atoms with Crippen molar-refractivity contribution in [3.8, 4) is 0 Å². The van der Waals surface area contributed by atoms with Crippen LogP contribution in [0.15, 0.2) is 42.6 Å². The minimum atomic E-state index is -0.553. The van der Waals surface area contributed by atoms with Gasteiger partial charge in [0.1, 0.15) is 5.82 Å². The first kappa shape index (κ1) is 12.9. The van der Waals surface area contributed by atoms with Gasteiger partial charge in [0.25, 0.3) is 5.91 Å². The molecule has 0 radical (unpaired) electrons. The highest BCUT2D eigenvalue weighted by molar-refractivity contribution is 5.98. The van der Waals surface area contributed by atoms with Crippen molar-refractivity contribution in [1.29, 1.82) is 0 Å². The summed E-state index contributed by atoms with van der Waals surface area (Å²) in [7, 11) is 0. The summed E-state index contributed by atoms with van der Waals surface area (Å²) in [5.74, 6) is -0.111. The van der Waals surface area contributed by atoms with Crippen molar-refractivity contribution in [1.82, 2.24) is 4.98 Å². The number of primary amides is 1. The number of pyridine rings is 1. The molecule has 0 saturated heterocycles. The molecule has 0 aliphatic heterocycles. The maximum Gasteiger partial charge on any atom is 0.252 e. The van der Waals surface area contributed by atoms with Gasteiger partial charge >= 0.3 is 0 Å². The molecule has 2 rings (SSSR count). The number of nitrogens with two attached hydrogens (primary N) is 2. The fraction of sp³-hybridized carbons (Fsp3) is 0.143. The highest BCUT2D eigenvalue weighted by atomic mass is 16.1. The van der Waals surface area contributed by atoms with Gasteiger partial charge in [-0.3, -0.25) is 4.79 Å². The lowest BCUT2D eigenvalue weighted by atomic mass is 10.1. The number of carbonyl (C=O) groups excluding carboxylic acids is 1. The molecule has 0 saturated carbocycles. The molecule has 1 atom stereocenters. The molecule has 1 aromatic heterocycles. The molecular formula is C14H16N4O. The molecule has 0 fully saturated rings. The van der Waals surface area contributed by atoms with Crippen LogP contribution in [0.3, 0.4) is 0 Å². The van der Waals surface area contributed by atoms with E-state index in [0.29, 0.717) is 17.1 Å². The summed E-state index contributed by atoms with van der Waals surface area (Å²) >= 11 is 0. The van der Waals surface area contributed by atoms with Crippen molar-refractivity contribution in [2.75, 3.05) is 11.1 Å². The summed E-state index contributed by atoms with van der Waals surface area (Å²) in [5, 5.41) is 3.17. The van der Waals surface area contributed by atoms with Crippen LogP contribution < -0.4 is 16.8 Å². The number of aromatic nitrogens is 1. The molecule has 1 heterocycles. The van der Waals surface area contributed by atoms with Crippen molar-refractivity contribution in [2.45, 2.75) is 13.0 Å². The second-order valence-electron chi connectivity index (χ2n) is 4.31. The Morgan fingerprint density at radius 1 is 1.32 bits per heavy atom. The minimum absolute atomic E-state index is 0.00965. The lowest BCUT2D eigenvalue weighted by Gasteiger charge is -2.16. The molecule has 19 heavy (non-hydrogen) atoms. The van der Waals surface area contributed by atoms with Crippen LogP contribution >= 0.6 is 0 Å². The van der Waals surface area contributed by atoms with Gasteiger partial charge in [0, 0.05) is 6.04 Å². The highest BCUT2D eigenvalue weighted by Crippen LogP contribution is 2.21. The van der Waals surface area contributed by atoms with E-state index in [2.05, 4.69) is 10.3 Å². The number of nitrogen functional groups attached to an aromatic ring is 1. The Kier molecular flexibility index (Phi) is 3.66. The Morgan fingerprint density at radius 2 is 2.00 bits per heavy atom. The van der Waals surface area contributed by atoms with Crippen LogP contribution in [0.25, 0.3) is 0 Å². The third-order valence-corrected chi connectivity index (χ3v) is 2.83. The van der Waals surface area contributed by atoms with E-state index in [1.54, 1.807) is 0 Å². The Balaban J connectivity index is 2.26. The number of benzene rings is 1. The van der Waals surface area contributed by atoms with Crippen LogP contribution in [0.1, 0.15) is 28.9 Å². The van der Waals surface area contributed by atoms with Crippen molar-refractivity contribution >= 4 is 17.4 Å². The molecule has 0 aliphatic rings. The number of nitrogens with zero attached hydrogens (tertiary/aromatic N) is 1. The minimum Gasteiger partial charge on any atom is -0.397 e. The van der Waals surface area contributed by atoms with Gasteiger partial charge in [0.15, 0.2) is 0 Å². The maximum absolute atomic E-state index is 11.4. The Bertz CT molecular complexity index is 583. The normalized spacial score (nSPS) is 11.8. The van der Waals surface area contributed by atoms with E-state index in [9.17, 15) is 4.79 Å². The molecule has 1 aromatic carbocycles. The van der Waals surface area contributed by atoms with Crippen molar-refractivity contribution in [2.24, 2.45) is 5.73 Å². The molecule has 1 unspecified atom stereocenters. The number of anilines is 2. The molecule has 1 amide bonds. The lowest BCUT2D eigenvalue weighted by Crippen LogP contribution is -2.17. The van der Waals surface area contributed by atoms with Gasteiger partial charge in [-0.15, -0.1) is 0 Å². The standard InChI is InChI=1S/C14H16N4O/c1-9(10-5-3-2-4-6-10)18-14-12(13(16)19)7-11(15)8-17-14/h2-9H,15H2,1H3,(H2,16,19)(H,17,18). The number of hydrogen-bond acceptors (Lipinski definition) is 4. The fourth-order valence-corrected chi connectivity index (χ4v) is 1.81. The summed E-state index contributed by atoms with van der Waals surface area (Å²) in [5.41, 5.74) is 12.7. The summed E-state index contributed by atoms with van der Waals surface area (Å²) in [6, 6.07) is 11.4. The van der Waals surface area contributed by atoms with Gasteiger partial charge in [-0.1, -0.05) is 30.3 Å². The predicted octanol–water partition coefficient (Wildman–Crippen LogP) is 1.94. The van der Waals surface area contributed by atoms with E-state index in [4.69, 9.17) is 11.5 Å². The monoisotopic (exact) mass is 256 g/mol. The number of carbonyl (C=O) groups is 1. The molecule has 0 aliphatic carbocycles. The summed E-state index contributed by atoms with van der Waals surface area (Å²) < 4.78 is 0. The number of hydrogen-bond donors (Lipinski definition) is 3. The van der Waals surface area contributed by atoms with E-state index in [0.717, 1.165) is 5.56 Å². The highest BCUT2D eigenvalue weighted by Gasteiger charge is 2.13. The van der Waals surface area contributed by atoms with Gasteiger partial charge in [-0.2, -0.15) is 0 Å². The SMILES string of the molecule is CC(Nc1ncc(N)cc1C(N)=O)c1ccccc1. The first-order chi connectivity index (χ1) is 9.08. The van der Waals surface area contributed by atoms with Crippen LogP contribution in [0, 0.1) is 0 Å². The zero-order valence-electron chi connectivity index (χ0n) is 10.6.